The van der Waals surface area contributed by atoms with Crippen molar-refractivity contribution in [2.75, 3.05) is 26.0 Å². The maximum absolute atomic E-state index is 12.3. The van der Waals surface area contributed by atoms with Gasteiger partial charge in [-0.05, 0) is 26.8 Å². The minimum absolute atomic E-state index is 0.113. The number of hydrogen-bond acceptors (Lipinski definition) is 5. The van der Waals surface area contributed by atoms with E-state index < -0.39 is 5.54 Å². The first-order valence-corrected chi connectivity index (χ1v) is 5.74. The summed E-state index contributed by atoms with van der Waals surface area (Å²) in [4.78, 5) is 22.0. The first-order valence-electron chi connectivity index (χ1n) is 5.74. The SMILES string of the molecule is CNc1nc(C)cc(C(=O)N(C)C(C)(C)CO)n1. The highest BCUT2D eigenvalue weighted by Gasteiger charge is 2.28. The van der Waals surface area contributed by atoms with E-state index in [4.69, 9.17) is 0 Å². The van der Waals surface area contributed by atoms with Gasteiger partial charge in [-0.25, -0.2) is 9.97 Å². The predicted molar refractivity (Wildman–Crippen MR) is 69.6 cm³/mol. The molecular weight excluding hydrogens is 232 g/mol. The summed E-state index contributed by atoms with van der Waals surface area (Å²) in [5, 5.41) is 12.1. The van der Waals surface area contributed by atoms with Crippen LogP contribution in [0.5, 0.6) is 0 Å². The van der Waals surface area contributed by atoms with Gasteiger partial charge in [-0.1, -0.05) is 0 Å². The molecule has 18 heavy (non-hydrogen) atoms. The van der Waals surface area contributed by atoms with E-state index in [1.807, 2.05) is 0 Å². The van der Waals surface area contributed by atoms with Crippen LogP contribution in [0.25, 0.3) is 0 Å². The number of aliphatic hydroxyl groups is 1. The van der Waals surface area contributed by atoms with Crippen molar-refractivity contribution in [3.63, 3.8) is 0 Å². The molecule has 0 aliphatic carbocycles. The molecule has 1 heterocycles. The van der Waals surface area contributed by atoms with E-state index in [1.54, 1.807) is 40.9 Å². The van der Waals surface area contributed by atoms with Crippen molar-refractivity contribution in [3.05, 3.63) is 17.5 Å². The highest BCUT2D eigenvalue weighted by atomic mass is 16.3. The molecule has 0 aromatic carbocycles. The average Bonchev–Trinajstić information content (AvgIpc) is 2.36. The van der Waals surface area contributed by atoms with Crippen molar-refractivity contribution in [3.8, 4) is 0 Å². The molecule has 6 heteroatoms. The van der Waals surface area contributed by atoms with E-state index in [9.17, 15) is 9.90 Å². The summed E-state index contributed by atoms with van der Waals surface area (Å²) < 4.78 is 0. The minimum atomic E-state index is -0.629. The number of aromatic nitrogens is 2. The Kier molecular flexibility index (Phi) is 4.24. The van der Waals surface area contributed by atoms with Crippen LogP contribution in [0.3, 0.4) is 0 Å². The Hall–Kier alpha value is -1.69. The zero-order valence-corrected chi connectivity index (χ0v) is 11.5. The van der Waals surface area contributed by atoms with Gasteiger partial charge in [0.15, 0.2) is 0 Å². The van der Waals surface area contributed by atoms with Crippen molar-refractivity contribution in [2.24, 2.45) is 0 Å². The molecular formula is C12H20N4O2. The fourth-order valence-electron chi connectivity index (χ4n) is 1.34. The largest absolute Gasteiger partial charge is 0.394 e. The fourth-order valence-corrected chi connectivity index (χ4v) is 1.34. The molecule has 0 atom stereocenters. The third kappa shape index (κ3) is 2.95. The highest BCUT2D eigenvalue weighted by molar-refractivity contribution is 5.93. The van der Waals surface area contributed by atoms with Gasteiger partial charge < -0.3 is 15.3 Å². The molecule has 0 aliphatic rings. The molecule has 2 N–H and O–H groups in total. The molecule has 0 unspecified atom stereocenters. The Morgan fingerprint density at radius 3 is 2.61 bits per heavy atom. The number of amides is 1. The van der Waals surface area contributed by atoms with Crippen molar-refractivity contribution >= 4 is 11.9 Å². The third-order valence-corrected chi connectivity index (χ3v) is 2.90. The molecule has 1 aromatic heterocycles. The average molecular weight is 252 g/mol. The van der Waals surface area contributed by atoms with Crippen molar-refractivity contribution in [2.45, 2.75) is 26.3 Å². The highest BCUT2D eigenvalue weighted by Crippen LogP contribution is 2.15. The lowest BCUT2D eigenvalue weighted by atomic mass is 10.0. The number of anilines is 1. The first kappa shape index (κ1) is 14.4. The van der Waals surface area contributed by atoms with Gasteiger partial charge in [0.05, 0.1) is 12.1 Å². The van der Waals surface area contributed by atoms with Gasteiger partial charge in [-0.15, -0.1) is 0 Å². The zero-order chi connectivity index (χ0) is 13.9. The van der Waals surface area contributed by atoms with Crippen LogP contribution in [0, 0.1) is 6.92 Å². The van der Waals surface area contributed by atoms with Gasteiger partial charge >= 0.3 is 0 Å². The van der Waals surface area contributed by atoms with Crippen LogP contribution in [-0.4, -0.2) is 52.1 Å². The summed E-state index contributed by atoms with van der Waals surface area (Å²) in [5.74, 6) is 0.171. The molecule has 1 rings (SSSR count). The number of carbonyl (C=O) groups is 1. The van der Waals surface area contributed by atoms with Crippen molar-refractivity contribution in [1.82, 2.24) is 14.9 Å². The second-order valence-corrected chi connectivity index (χ2v) is 4.80. The number of aryl methyl sites for hydroxylation is 1. The standard InChI is InChI=1S/C12H20N4O2/c1-8-6-9(15-11(13-4)14-8)10(18)16(5)12(2,3)7-17/h6,17H,7H2,1-5H3,(H,13,14,15). The fraction of sp³-hybridized carbons (Fsp3) is 0.583. The van der Waals surface area contributed by atoms with Gasteiger partial charge in [0.1, 0.15) is 5.69 Å². The summed E-state index contributed by atoms with van der Waals surface area (Å²) in [6.07, 6.45) is 0. The number of likely N-dealkylation sites (N-methyl/N-ethyl adjacent to an activating group) is 1. The quantitative estimate of drug-likeness (QED) is 0.823. The lowest BCUT2D eigenvalue weighted by molar-refractivity contribution is 0.0467. The van der Waals surface area contributed by atoms with E-state index in [0.717, 1.165) is 0 Å². The van der Waals surface area contributed by atoms with Crippen molar-refractivity contribution in [1.29, 1.82) is 0 Å². The lowest BCUT2D eigenvalue weighted by Crippen LogP contribution is -2.47. The van der Waals surface area contributed by atoms with E-state index in [1.165, 1.54) is 4.90 Å². The maximum Gasteiger partial charge on any atom is 0.272 e. The van der Waals surface area contributed by atoms with E-state index >= 15 is 0 Å². The van der Waals surface area contributed by atoms with Crippen LogP contribution >= 0.6 is 0 Å². The monoisotopic (exact) mass is 252 g/mol. The molecule has 0 bridgehead atoms. The maximum atomic E-state index is 12.3. The molecule has 100 valence electrons. The number of aliphatic hydroxyl groups excluding tert-OH is 1. The van der Waals surface area contributed by atoms with Crippen LogP contribution in [0.4, 0.5) is 5.95 Å². The molecule has 0 saturated carbocycles. The summed E-state index contributed by atoms with van der Waals surface area (Å²) in [6, 6.07) is 1.63. The van der Waals surface area contributed by atoms with Gasteiger partial charge in [0.25, 0.3) is 5.91 Å². The molecule has 1 amide bonds. The summed E-state index contributed by atoms with van der Waals surface area (Å²) >= 11 is 0. The van der Waals surface area contributed by atoms with Crippen LogP contribution in [0.15, 0.2) is 6.07 Å². The number of carbonyl (C=O) groups excluding carboxylic acids is 1. The van der Waals surface area contributed by atoms with E-state index in [0.29, 0.717) is 17.3 Å². The van der Waals surface area contributed by atoms with Gasteiger partial charge in [-0.2, -0.15) is 0 Å². The summed E-state index contributed by atoms with van der Waals surface area (Å²) in [7, 11) is 3.35. The number of nitrogens with zero attached hydrogens (tertiary/aromatic N) is 3. The van der Waals surface area contributed by atoms with E-state index in [2.05, 4.69) is 15.3 Å². The van der Waals surface area contributed by atoms with Gasteiger partial charge in [-0.3, -0.25) is 4.79 Å². The molecule has 1 aromatic rings. The number of hydrogen-bond donors (Lipinski definition) is 2. The zero-order valence-electron chi connectivity index (χ0n) is 11.5. The van der Waals surface area contributed by atoms with Crippen molar-refractivity contribution < 1.29 is 9.90 Å². The van der Waals surface area contributed by atoms with Crippen LogP contribution in [0.2, 0.25) is 0 Å². The third-order valence-electron chi connectivity index (χ3n) is 2.90. The number of rotatable bonds is 4. The molecule has 0 aliphatic heterocycles. The molecule has 0 spiro atoms. The second kappa shape index (κ2) is 5.30. The molecule has 0 fully saturated rings. The minimum Gasteiger partial charge on any atom is -0.394 e. The Morgan fingerprint density at radius 1 is 1.50 bits per heavy atom. The van der Waals surface area contributed by atoms with Crippen LogP contribution in [-0.2, 0) is 0 Å². The Balaban J connectivity index is 3.07. The molecule has 0 saturated heterocycles. The van der Waals surface area contributed by atoms with Gasteiger partial charge in [0, 0.05) is 19.8 Å². The molecule has 6 nitrogen and oxygen atoms in total. The normalized spacial score (nSPS) is 11.2. The lowest BCUT2D eigenvalue weighted by Gasteiger charge is -2.33. The Bertz CT molecular complexity index is 446. The van der Waals surface area contributed by atoms with Gasteiger partial charge in [0.2, 0.25) is 5.95 Å². The Morgan fingerprint density at radius 2 is 2.11 bits per heavy atom. The second-order valence-electron chi connectivity index (χ2n) is 4.80. The van der Waals surface area contributed by atoms with Crippen LogP contribution in [0.1, 0.15) is 30.0 Å². The van der Waals surface area contributed by atoms with E-state index in [-0.39, 0.29) is 12.5 Å². The Labute approximate surface area is 107 Å². The smallest absolute Gasteiger partial charge is 0.272 e. The summed E-state index contributed by atoms with van der Waals surface area (Å²) in [5.41, 5.74) is 0.402. The first-order chi connectivity index (χ1) is 8.31. The predicted octanol–water partition coefficient (Wildman–Crippen LogP) is 0.670. The van der Waals surface area contributed by atoms with Crippen LogP contribution < -0.4 is 5.32 Å². The number of nitrogens with one attached hydrogen (secondary N) is 1. The summed E-state index contributed by atoms with van der Waals surface area (Å²) in [6.45, 7) is 5.27. The topological polar surface area (TPSA) is 78.4 Å². The molecule has 0 radical (unpaired) electrons.